The summed E-state index contributed by atoms with van der Waals surface area (Å²) in [7, 11) is 0. The van der Waals surface area contributed by atoms with Crippen molar-refractivity contribution in [3.8, 4) is 0 Å². The average Bonchev–Trinajstić information content (AvgIpc) is 2.46. The van der Waals surface area contributed by atoms with Gasteiger partial charge in [0.1, 0.15) is 11.6 Å². The largest absolute Gasteiger partial charge is 0.207 e. The van der Waals surface area contributed by atoms with Gasteiger partial charge in [0.2, 0.25) is 0 Å². The summed E-state index contributed by atoms with van der Waals surface area (Å²) in [6.45, 7) is 2.17. The van der Waals surface area contributed by atoms with E-state index in [4.69, 9.17) is 0 Å². The first-order valence-corrected chi connectivity index (χ1v) is 7.21. The molecule has 0 fully saturated rings. The summed E-state index contributed by atoms with van der Waals surface area (Å²) in [4.78, 5) is 0. The van der Waals surface area contributed by atoms with E-state index < -0.39 is 0 Å². The van der Waals surface area contributed by atoms with Crippen LogP contribution in [0.5, 0.6) is 0 Å². The molecule has 0 N–H and O–H groups in total. The number of hydrogen-bond acceptors (Lipinski definition) is 0. The Bertz CT molecular complexity index is 469. The van der Waals surface area contributed by atoms with Gasteiger partial charge in [-0.05, 0) is 41.8 Å². The van der Waals surface area contributed by atoms with Gasteiger partial charge < -0.3 is 0 Å². The van der Waals surface area contributed by atoms with Gasteiger partial charge in [-0.3, -0.25) is 0 Å². The molecule has 0 unspecified atom stereocenters. The zero-order chi connectivity index (χ0) is 14.4. The maximum atomic E-state index is 13.1. The lowest BCUT2D eigenvalue weighted by Gasteiger charge is -2.18. The first kappa shape index (κ1) is 14.7. The molecule has 0 atom stereocenters. The van der Waals surface area contributed by atoms with Gasteiger partial charge in [0, 0.05) is 5.92 Å². The predicted molar refractivity (Wildman–Crippen MR) is 78.8 cm³/mol. The van der Waals surface area contributed by atoms with Gasteiger partial charge in [-0.1, -0.05) is 50.5 Å². The summed E-state index contributed by atoms with van der Waals surface area (Å²) < 4.78 is 26.1. The van der Waals surface area contributed by atoms with E-state index in [0.29, 0.717) is 0 Å². The monoisotopic (exact) mass is 274 g/mol. The SMILES string of the molecule is CCCCCC(c1ccc(F)cc1)c1ccc(F)cc1. The molecule has 106 valence electrons. The van der Waals surface area contributed by atoms with E-state index in [9.17, 15) is 8.78 Å². The highest BCUT2D eigenvalue weighted by molar-refractivity contribution is 5.32. The van der Waals surface area contributed by atoms with Crippen LogP contribution in [-0.2, 0) is 0 Å². The summed E-state index contributed by atoms with van der Waals surface area (Å²) in [5, 5.41) is 0. The Morgan fingerprint density at radius 1 is 0.750 bits per heavy atom. The summed E-state index contributed by atoms with van der Waals surface area (Å²) in [6, 6.07) is 13.3. The minimum absolute atomic E-state index is 0.211. The van der Waals surface area contributed by atoms with Crippen LogP contribution in [0.15, 0.2) is 48.5 Å². The second-order valence-corrected chi connectivity index (χ2v) is 5.15. The molecule has 0 aliphatic carbocycles. The molecule has 2 aromatic carbocycles. The lowest BCUT2D eigenvalue weighted by molar-refractivity contribution is 0.605. The van der Waals surface area contributed by atoms with E-state index in [1.807, 2.05) is 24.3 Å². The molecule has 0 radical (unpaired) electrons. The molecule has 0 spiro atoms. The highest BCUT2D eigenvalue weighted by Crippen LogP contribution is 2.30. The number of benzene rings is 2. The third-order valence-electron chi connectivity index (χ3n) is 3.64. The lowest BCUT2D eigenvalue weighted by Crippen LogP contribution is -2.02. The second-order valence-electron chi connectivity index (χ2n) is 5.15. The smallest absolute Gasteiger partial charge is 0.123 e. The van der Waals surface area contributed by atoms with Crippen LogP contribution in [0.4, 0.5) is 8.78 Å². The van der Waals surface area contributed by atoms with Crippen LogP contribution in [0.1, 0.15) is 49.7 Å². The Morgan fingerprint density at radius 2 is 1.20 bits per heavy atom. The van der Waals surface area contributed by atoms with Gasteiger partial charge in [0.05, 0.1) is 0 Å². The van der Waals surface area contributed by atoms with Gasteiger partial charge in [-0.2, -0.15) is 0 Å². The third kappa shape index (κ3) is 3.89. The van der Waals surface area contributed by atoms with Crippen LogP contribution in [-0.4, -0.2) is 0 Å². The fourth-order valence-corrected chi connectivity index (χ4v) is 2.51. The molecular formula is C18H20F2. The lowest BCUT2D eigenvalue weighted by atomic mass is 9.87. The molecule has 0 heterocycles. The van der Waals surface area contributed by atoms with Gasteiger partial charge in [0.15, 0.2) is 0 Å². The van der Waals surface area contributed by atoms with Gasteiger partial charge in [-0.15, -0.1) is 0 Å². The first-order valence-electron chi connectivity index (χ1n) is 7.21. The Balaban J connectivity index is 2.23. The fourth-order valence-electron chi connectivity index (χ4n) is 2.51. The zero-order valence-corrected chi connectivity index (χ0v) is 11.8. The minimum Gasteiger partial charge on any atom is -0.207 e. The molecule has 0 nitrogen and oxygen atoms in total. The highest BCUT2D eigenvalue weighted by atomic mass is 19.1. The quantitative estimate of drug-likeness (QED) is 0.595. The summed E-state index contributed by atoms with van der Waals surface area (Å²) in [6.07, 6.45) is 4.47. The zero-order valence-electron chi connectivity index (χ0n) is 11.8. The van der Waals surface area contributed by atoms with Crippen molar-refractivity contribution in [2.24, 2.45) is 0 Å². The van der Waals surface area contributed by atoms with Crippen molar-refractivity contribution in [2.45, 2.75) is 38.5 Å². The Morgan fingerprint density at radius 3 is 1.60 bits per heavy atom. The van der Waals surface area contributed by atoms with Crippen molar-refractivity contribution in [3.05, 3.63) is 71.3 Å². The maximum Gasteiger partial charge on any atom is 0.123 e. The van der Waals surface area contributed by atoms with E-state index in [-0.39, 0.29) is 17.6 Å². The standard InChI is InChI=1S/C18H20F2/c1-2-3-4-5-18(14-6-10-16(19)11-7-14)15-8-12-17(20)13-9-15/h6-13,18H,2-5H2,1H3. The van der Waals surface area contributed by atoms with Crippen LogP contribution in [0.25, 0.3) is 0 Å². The molecule has 0 aliphatic heterocycles. The van der Waals surface area contributed by atoms with E-state index >= 15 is 0 Å². The molecule has 20 heavy (non-hydrogen) atoms. The van der Waals surface area contributed by atoms with Crippen LogP contribution in [0.2, 0.25) is 0 Å². The van der Waals surface area contributed by atoms with E-state index in [2.05, 4.69) is 6.92 Å². The van der Waals surface area contributed by atoms with Crippen molar-refractivity contribution < 1.29 is 8.78 Å². The number of rotatable bonds is 6. The molecule has 0 saturated carbocycles. The maximum absolute atomic E-state index is 13.1. The van der Waals surface area contributed by atoms with Crippen molar-refractivity contribution in [3.63, 3.8) is 0 Å². The number of halogens is 2. The molecular weight excluding hydrogens is 254 g/mol. The van der Waals surface area contributed by atoms with Crippen LogP contribution >= 0.6 is 0 Å². The molecule has 2 heteroatoms. The summed E-state index contributed by atoms with van der Waals surface area (Å²) in [5.41, 5.74) is 2.18. The van der Waals surface area contributed by atoms with Crippen molar-refractivity contribution in [2.75, 3.05) is 0 Å². The second kappa shape index (κ2) is 7.18. The number of hydrogen-bond donors (Lipinski definition) is 0. The summed E-state index contributed by atoms with van der Waals surface area (Å²) >= 11 is 0. The minimum atomic E-state index is -0.222. The first-order chi connectivity index (χ1) is 9.70. The molecule has 2 aromatic rings. The normalized spacial score (nSPS) is 11.0. The van der Waals surface area contributed by atoms with Crippen molar-refractivity contribution >= 4 is 0 Å². The van der Waals surface area contributed by atoms with Gasteiger partial charge >= 0.3 is 0 Å². The van der Waals surface area contributed by atoms with Crippen LogP contribution in [0.3, 0.4) is 0 Å². The Labute approximate surface area is 119 Å². The summed E-state index contributed by atoms with van der Waals surface area (Å²) in [5.74, 6) is -0.233. The Hall–Kier alpha value is -1.70. The molecule has 0 bridgehead atoms. The molecule has 0 amide bonds. The van der Waals surface area contributed by atoms with Crippen molar-refractivity contribution in [1.82, 2.24) is 0 Å². The van der Waals surface area contributed by atoms with Gasteiger partial charge in [0.25, 0.3) is 0 Å². The molecule has 2 rings (SSSR count). The molecule has 0 aromatic heterocycles. The Kier molecular flexibility index (Phi) is 5.28. The van der Waals surface area contributed by atoms with Crippen molar-refractivity contribution in [1.29, 1.82) is 0 Å². The fraction of sp³-hybridized carbons (Fsp3) is 0.333. The average molecular weight is 274 g/mol. The van der Waals surface area contributed by atoms with E-state index in [1.54, 1.807) is 0 Å². The molecule has 0 saturated heterocycles. The number of unbranched alkanes of at least 4 members (excludes halogenated alkanes) is 2. The third-order valence-corrected chi connectivity index (χ3v) is 3.64. The van der Waals surface area contributed by atoms with Crippen LogP contribution < -0.4 is 0 Å². The van der Waals surface area contributed by atoms with Gasteiger partial charge in [-0.25, -0.2) is 8.78 Å². The van der Waals surface area contributed by atoms with Crippen LogP contribution in [0, 0.1) is 11.6 Å². The van der Waals surface area contributed by atoms with E-state index in [0.717, 1.165) is 24.0 Å². The topological polar surface area (TPSA) is 0 Å². The molecule has 0 aliphatic rings. The predicted octanol–water partition coefficient (Wildman–Crippen LogP) is 5.68. The van der Waals surface area contributed by atoms with E-state index in [1.165, 1.54) is 37.1 Å². The highest BCUT2D eigenvalue weighted by Gasteiger charge is 2.14.